The van der Waals surface area contributed by atoms with Gasteiger partial charge >= 0.3 is 12.0 Å². The molecule has 2 amide bonds. The lowest BCUT2D eigenvalue weighted by Gasteiger charge is -2.13. The van der Waals surface area contributed by atoms with E-state index in [2.05, 4.69) is 26.6 Å². The molecule has 1 aliphatic heterocycles. The van der Waals surface area contributed by atoms with E-state index < -0.39 is 18.0 Å². The molecule has 3 N–H and O–H groups in total. The van der Waals surface area contributed by atoms with Crippen molar-refractivity contribution in [3.8, 4) is 5.75 Å². The van der Waals surface area contributed by atoms with Gasteiger partial charge in [0.2, 0.25) is 0 Å². The first kappa shape index (κ1) is 14.6. The van der Waals surface area contributed by atoms with Gasteiger partial charge in [-0.1, -0.05) is 15.9 Å². The SMILES string of the molecule is C[C@@H](NC(=O)NCc1cc(Br)cc2c1OCC2)C(=O)O. The van der Waals surface area contributed by atoms with Crippen LogP contribution in [0, 0.1) is 0 Å². The van der Waals surface area contributed by atoms with E-state index in [1.165, 1.54) is 6.92 Å². The van der Waals surface area contributed by atoms with Crippen molar-refractivity contribution < 1.29 is 19.4 Å². The third-order valence-electron chi connectivity index (χ3n) is 2.98. The van der Waals surface area contributed by atoms with Crippen LogP contribution in [0.25, 0.3) is 0 Å². The Morgan fingerprint density at radius 2 is 2.25 bits per heavy atom. The van der Waals surface area contributed by atoms with Crippen molar-refractivity contribution in [2.24, 2.45) is 0 Å². The first-order valence-corrected chi connectivity index (χ1v) is 6.98. The summed E-state index contributed by atoms with van der Waals surface area (Å²) >= 11 is 3.42. The van der Waals surface area contributed by atoms with Gasteiger partial charge in [0, 0.05) is 23.0 Å². The van der Waals surface area contributed by atoms with Gasteiger partial charge in [-0.3, -0.25) is 4.79 Å². The number of ether oxygens (including phenoxy) is 1. The largest absolute Gasteiger partial charge is 0.493 e. The highest BCUT2D eigenvalue weighted by molar-refractivity contribution is 9.10. The molecular formula is C13H15BrN2O4. The van der Waals surface area contributed by atoms with E-state index in [4.69, 9.17) is 9.84 Å². The molecule has 0 saturated heterocycles. The summed E-state index contributed by atoms with van der Waals surface area (Å²) in [5.41, 5.74) is 1.97. The average molecular weight is 343 g/mol. The second-order valence-corrected chi connectivity index (χ2v) is 5.45. The number of hydrogen-bond acceptors (Lipinski definition) is 3. The lowest BCUT2D eigenvalue weighted by atomic mass is 10.1. The van der Waals surface area contributed by atoms with Gasteiger partial charge in [-0.15, -0.1) is 0 Å². The number of fused-ring (bicyclic) bond motifs is 1. The van der Waals surface area contributed by atoms with Gasteiger partial charge in [0.15, 0.2) is 0 Å². The number of benzene rings is 1. The lowest BCUT2D eigenvalue weighted by molar-refractivity contribution is -0.138. The minimum Gasteiger partial charge on any atom is -0.493 e. The first-order valence-electron chi connectivity index (χ1n) is 6.18. The van der Waals surface area contributed by atoms with Crippen LogP contribution in [0.5, 0.6) is 5.75 Å². The number of halogens is 1. The summed E-state index contributed by atoms with van der Waals surface area (Å²) in [5.74, 6) is -0.272. The average Bonchev–Trinajstić information content (AvgIpc) is 2.83. The molecule has 20 heavy (non-hydrogen) atoms. The molecule has 2 rings (SSSR count). The molecule has 108 valence electrons. The van der Waals surface area contributed by atoms with Crippen LogP contribution in [0.4, 0.5) is 4.79 Å². The topological polar surface area (TPSA) is 87.7 Å². The summed E-state index contributed by atoms with van der Waals surface area (Å²) in [6.07, 6.45) is 0.851. The standard InChI is InChI=1S/C13H15BrN2O4/c1-7(12(17)18)16-13(19)15-6-9-5-10(14)4-8-2-3-20-11(8)9/h4-5,7H,2-3,6H2,1H3,(H,17,18)(H2,15,16,19)/t7-/m1/s1. The fraction of sp³-hybridized carbons (Fsp3) is 0.385. The van der Waals surface area contributed by atoms with Crippen molar-refractivity contribution in [3.05, 3.63) is 27.7 Å². The highest BCUT2D eigenvalue weighted by Gasteiger charge is 2.18. The fourth-order valence-corrected chi connectivity index (χ4v) is 2.51. The zero-order valence-electron chi connectivity index (χ0n) is 10.9. The number of carbonyl (C=O) groups is 2. The molecule has 0 unspecified atom stereocenters. The van der Waals surface area contributed by atoms with Gasteiger partial charge in [0.1, 0.15) is 11.8 Å². The summed E-state index contributed by atoms with van der Waals surface area (Å²) in [7, 11) is 0. The van der Waals surface area contributed by atoms with Gasteiger partial charge < -0.3 is 20.5 Å². The van der Waals surface area contributed by atoms with E-state index in [9.17, 15) is 9.59 Å². The van der Waals surface area contributed by atoms with Crippen LogP contribution < -0.4 is 15.4 Å². The smallest absolute Gasteiger partial charge is 0.325 e. The Balaban J connectivity index is 1.98. The molecule has 0 bridgehead atoms. The number of carboxylic acid groups (broad SMARTS) is 1. The minimum atomic E-state index is -1.08. The third kappa shape index (κ3) is 3.41. The minimum absolute atomic E-state index is 0.278. The van der Waals surface area contributed by atoms with Crippen molar-refractivity contribution in [2.75, 3.05) is 6.61 Å². The second kappa shape index (κ2) is 6.13. The number of rotatable bonds is 4. The van der Waals surface area contributed by atoms with E-state index in [1.807, 2.05) is 12.1 Å². The van der Waals surface area contributed by atoms with Crippen LogP contribution in [-0.2, 0) is 17.8 Å². The Morgan fingerprint density at radius 3 is 2.95 bits per heavy atom. The van der Waals surface area contributed by atoms with Crippen molar-refractivity contribution in [2.45, 2.75) is 25.9 Å². The summed E-state index contributed by atoms with van der Waals surface area (Å²) in [6, 6.07) is 2.43. The molecular weight excluding hydrogens is 328 g/mol. The molecule has 7 heteroatoms. The van der Waals surface area contributed by atoms with E-state index in [-0.39, 0.29) is 6.54 Å². The predicted octanol–water partition coefficient (Wildman–Crippen LogP) is 1.66. The molecule has 1 aromatic rings. The quantitative estimate of drug-likeness (QED) is 0.776. The lowest BCUT2D eigenvalue weighted by Crippen LogP contribution is -2.44. The second-order valence-electron chi connectivity index (χ2n) is 4.54. The maximum Gasteiger partial charge on any atom is 0.325 e. The summed E-state index contributed by atoms with van der Waals surface area (Å²) in [6.45, 7) is 2.32. The zero-order chi connectivity index (χ0) is 14.7. The van der Waals surface area contributed by atoms with Crippen LogP contribution >= 0.6 is 15.9 Å². The van der Waals surface area contributed by atoms with Crippen LogP contribution in [0.2, 0.25) is 0 Å². The molecule has 0 aliphatic carbocycles. The Kier molecular flexibility index (Phi) is 4.49. The Morgan fingerprint density at radius 1 is 1.50 bits per heavy atom. The number of urea groups is 1. The van der Waals surface area contributed by atoms with Crippen molar-refractivity contribution >= 4 is 27.9 Å². The Labute approximate surface area is 124 Å². The number of hydrogen-bond donors (Lipinski definition) is 3. The summed E-state index contributed by atoms with van der Waals surface area (Å²) < 4.78 is 6.48. The summed E-state index contributed by atoms with van der Waals surface area (Å²) in [5, 5.41) is 13.7. The normalized spacial score (nSPS) is 14.1. The summed E-state index contributed by atoms with van der Waals surface area (Å²) in [4.78, 5) is 22.2. The van der Waals surface area contributed by atoms with Gasteiger partial charge in [0.05, 0.1) is 6.61 Å². The van der Waals surface area contributed by atoms with Gasteiger partial charge in [0.25, 0.3) is 0 Å². The molecule has 6 nitrogen and oxygen atoms in total. The van der Waals surface area contributed by atoms with Crippen LogP contribution in [-0.4, -0.2) is 29.8 Å². The highest BCUT2D eigenvalue weighted by Crippen LogP contribution is 2.32. The van der Waals surface area contributed by atoms with E-state index >= 15 is 0 Å². The van der Waals surface area contributed by atoms with Crippen LogP contribution in [0.1, 0.15) is 18.1 Å². The molecule has 1 aromatic carbocycles. The Hall–Kier alpha value is -1.76. The number of carboxylic acids is 1. The predicted molar refractivity (Wildman–Crippen MR) is 75.8 cm³/mol. The molecule has 0 aromatic heterocycles. The third-order valence-corrected chi connectivity index (χ3v) is 3.44. The number of carbonyl (C=O) groups excluding carboxylic acids is 1. The van der Waals surface area contributed by atoms with Crippen molar-refractivity contribution in [3.63, 3.8) is 0 Å². The molecule has 1 aliphatic rings. The molecule has 0 spiro atoms. The van der Waals surface area contributed by atoms with E-state index in [0.29, 0.717) is 6.61 Å². The van der Waals surface area contributed by atoms with Gasteiger partial charge in [-0.25, -0.2) is 4.79 Å². The van der Waals surface area contributed by atoms with Crippen molar-refractivity contribution in [1.82, 2.24) is 10.6 Å². The monoisotopic (exact) mass is 342 g/mol. The number of nitrogens with one attached hydrogen (secondary N) is 2. The van der Waals surface area contributed by atoms with Crippen LogP contribution in [0.15, 0.2) is 16.6 Å². The fourth-order valence-electron chi connectivity index (χ4n) is 1.96. The van der Waals surface area contributed by atoms with Gasteiger partial charge in [-0.2, -0.15) is 0 Å². The Bertz CT molecular complexity index is 547. The molecule has 1 atom stereocenters. The van der Waals surface area contributed by atoms with E-state index in [1.54, 1.807) is 0 Å². The van der Waals surface area contributed by atoms with Gasteiger partial charge in [-0.05, 0) is 24.6 Å². The van der Waals surface area contributed by atoms with E-state index in [0.717, 1.165) is 27.8 Å². The molecule has 0 saturated carbocycles. The molecule has 1 heterocycles. The molecule has 0 radical (unpaired) electrons. The highest BCUT2D eigenvalue weighted by atomic mass is 79.9. The van der Waals surface area contributed by atoms with Crippen molar-refractivity contribution in [1.29, 1.82) is 0 Å². The number of amides is 2. The molecule has 0 fully saturated rings. The first-order chi connectivity index (χ1) is 9.47. The number of aliphatic carboxylic acids is 1. The maximum absolute atomic E-state index is 11.6. The maximum atomic E-state index is 11.6. The zero-order valence-corrected chi connectivity index (χ0v) is 12.5. The van der Waals surface area contributed by atoms with Crippen LogP contribution in [0.3, 0.4) is 0 Å².